The average Bonchev–Trinajstić information content (AvgIpc) is 3.45. The van der Waals surface area contributed by atoms with Gasteiger partial charge in [-0.15, -0.1) is 5.10 Å². The van der Waals surface area contributed by atoms with Crippen LogP contribution in [-0.4, -0.2) is 53.4 Å². The minimum absolute atomic E-state index is 0.147. The molecular weight excluding hydrogens is 576 g/mol. The summed E-state index contributed by atoms with van der Waals surface area (Å²) >= 11 is 0. The lowest BCUT2D eigenvalue weighted by molar-refractivity contribution is -0.143. The summed E-state index contributed by atoms with van der Waals surface area (Å²) in [6.07, 6.45) is 6.37. The number of ether oxygens (including phenoxy) is 2. The van der Waals surface area contributed by atoms with Gasteiger partial charge < -0.3 is 9.47 Å². The molecule has 0 aliphatic carbocycles. The van der Waals surface area contributed by atoms with Crippen LogP contribution in [0.1, 0.15) is 54.0 Å². The topological polar surface area (TPSA) is 104 Å². The monoisotopic (exact) mass is 614 g/mol. The van der Waals surface area contributed by atoms with E-state index < -0.39 is 10.0 Å². The van der Waals surface area contributed by atoms with E-state index in [1.165, 1.54) is 4.31 Å². The lowest BCUT2D eigenvalue weighted by Crippen LogP contribution is -2.36. The number of sulfonamides is 1. The molecule has 1 aliphatic rings. The third kappa shape index (κ3) is 6.46. The predicted octanol–water partition coefficient (Wildman–Crippen LogP) is 5.71. The first-order valence-electron chi connectivity index (χ1n) is 14.8. The quantitative estimate of drug-likeness (QED) is 0.149. The molecule has 3 aromatic carbocycles. The first kappa shape index (κ1) is 31.2. The first-order chi connectivity index (χ1) is 21.3. The van der Waals surface area contributed by atoms with Crippen LogP contribution in [0, 0.1) is 6.92 Å². The van der Waals surface area contributed by atoms with E-state index in [1.54, 1.807) is 37.3 Å². The van der Waals surface area contributed by atoms with Gasteiger partial charge in [-0.2, -0.15) is 4.31 Å². The van der Waals surface area contributed by atoms with Crippen LogP contribution in [0.3, 0.4) is 0 Å². The second kappa shape index (κ2) is 13.6. The van der Waals surface area contributed by atoms with E-state index in [1.807, 2.05) is 54.9 Å². The normalized spacial score (nSPS) is 14.4. The molecule has 44 heavy (non-hydrogen) atoms. The van der Waals surface area contributed by atoms with Gasteiger partial charge in [0.05, 0.1) is 30.0 Å². The molecule has 9 nitrogen and oxygen atoms in total. The van der Waals surface area contributed by atoms with Crippen molar-refractivity contribution in [1.29, 1.82) is 0 Å². The van der Waals surface area contributed by atoms with Crippen molar-refractivity contribution in [2.24, 2.45) is 0 Å². The first-order valence-corrected chi connectivity index (χ1v) is 16.3. The molecule has 4 aromatic rings. The van der Waals surface area contributed by atoms with Crippen molar-refractivity contribution in [1.82, 2.24) is 19.3 Å². The molecule has 0 bridgehead atoms. The Balaban J connectivity index is 1.47. The minimum Gasteiger partial charge on any atom is -0.490 e. The number of fused-ring (bicyclic) bond motifs is 2. The summed E-state index contributed by atoms with van der Waals surface area (Å²) in [5.74, 6) is -0.0188. The molecule has 5 rings (SSSR count). The zero-order valence-electron chi connectivity index (χ0n) is 25.4. The molecule has 0 amide bonds. The lowest BCUT2D eigenvalue weighted by atomic mass is 9.83. The number of hydrogen-bond donors (Lipinski definition) is 0. The molecule has 10 heteroatoms. The van der Waals surface area contributed by atoms with Gasteiger partial charge in [0.1, 0.15) is 17.9 Å². The van der Waals surface area contributed by atoms with Crippen LogP contribution in [0.4, 0.5) is 0 Å². The molecule has 0 fully saturated rings. The van der Waals surface area contributed by atoms with E-state index in [0.29, 0.717) is 38.5 Å². The molecule has 1 aliphatic heterocycles. The van der Waals surface area contributed by atoms with E-state index in [-0.39, 0.29) is 29.7 Å². The van der Waals surface area contributed by atoms with Crippen LogP contribution in [-0.2, 0) is 39.1 Å². The van der Waals surface area contributed by atoms with Crippen molar-refractivity contribution in [3.63, 3.8) is 0 Å². The Morgan fingerprint density at radius 2 is 1.91 bits per heavy atom. The molecule has 1 unspecified atom stereocenters. The van der Waals surface area contributed by atoms with Crippen LogP contribution in [0.5, 0.6) is 5.75 Å². The number of carbonyl (C=O) groups is 1. The van der Waals surface area contributed by atoms with Crippen molar-refractivity contribution in [3.8, 4) is 5.75 Å². The molecule has 0 saturated carbocycles. The smallest absolute Gasteiger partial charge is 0.306 e. The summed E-state index contributed by atoms with van der Waals surface area (Å²) in [5, 5.41) is 8.80. The number of carbonyl (C=O) groups excluding carboxylic acids is 1. The number of rotatable bonds is 12. The fraction of sp³-hybridized carbons (Fsp3) is 0.324. The third-order valence-corrected chi connectivity index (χ3v) is 9.85. The second-order valence-corrected chi connectivity index (χ2v) is 12.7. The van der Waals surface area contributed by atoms with Gasteiger partial charge in [0.2, 0.25) is 10.0 Å². The number of esters is 1. The van der Waals surface area contributed by atoms with E-state index >= 15 is 0 Å². The van der Waals surface area contributed by atoms with Crippen LogP contribution in [0.25, 0.3) is 11.0 Å². The summed E-state index contributed by atoms with van der Waals surface area (Å²) < 4.78 is 41.4. The van der Waals surface area contributed by atoms with E-state index in [2.05, 4.69) is 23.0 Å². The van der Waals surface area contributed by atoms with Gasteiger partial charge in [-0.05, 0) is 85.3 Å². The molecule has 0 radical (unpaired) electrons. The average molecular weight is 615 g/mol. The fourth-order valence-corrected chi connectivity index (χ4v) is 7.10. The highest BCUT2D eigenvalue weighted by Gasteiger charge is 2.30. The van der Waals surface area contributed by atoms with Gasteiger partial charge in [-0.1, -0.05) is 54.3 Å². The maximum atomic E-state index is 13.6. The summed E-state index contributed by atoms with van der Waals surface area (Å²) in [6.45, 7) is 11.3. The van der Waals surface area contributed by atoms with Crippen LogP contribution >= 0.6 is 0 Å². The zero-order valence-corrected chi connectivity index (χ0v) is 26.2. The maximum absolute atomic E-state index is 13.6. The molecule has 1 aromatic heterocycles. The van der Waals surface area contributed by atoms with Gasteiger partial charge in [-0.3, -0.25) is 4.79 Å². The Morgan fingerprint density at radius 1 is 1.11 bits per heavy atom. The van der Waals surface area contributed by atoms with Gasteiger partial charge in [0, 0.05) is 19.0 Å². The number of aromatic nitrogens is 3. The number of benzene rings is 3. The van der Waals surface area contributed by atoms with E-state index in [9.17, 15) is 13.2 Å². The lowest BCUT2D eigenvalue weighted by Gasteiger charge is -2.29. The Hall–Kier alpha value is -4.28. The van der Waals surface area contributed by atoms with Crippen molar-refractivity contribution < 1.29 is 22.7 Å². The van der Waals surface area contributed by atoms with Crippen LogP contribution < -0.4 is 4.74 Å². The van der Waals surface area contributed by atoms with Crippen molar-refractivity contribution >= 4 is 27.0 Å². The number of aryl methyl sites for hydroxylation is 1. The summed E-state index contributed by atoms with van der Waals surface area (Å²) in [5.41, 5.74) is 6.57. The van der Waals surface area contributed by atoms with Gasteiger partial charge in [-0.25, -0.2) is 13.1 Å². The zero-order chi connectivity index (χ0) is 31.3. The van der Waals surface area contributed by atoms with Crippen LogP contribution in [0.2, 0.25) is 0 Å². The van der Waals surface area contributed by atoms with Crippen molar-refractivity contribution in [3.05, 3.63) is 107 Å². The van der Waals surface area contributed by atoms with Gasteiger partial charge >= 0.3 is 5.97 Å². The van der Waals surface area contributed by atoms with Crippen molar-refractivity contribution in [2.75, 3.05) is 19.8 Å². The molecule has 0 saturated heterocycles. The molecule has 0 spiro atoms. The largest absolute Gasteiger partial charge is 0.490 e. The SMILES string of the molecule is C=CCOc1ccc(S(=O)(=O)N2CCc3ccc(C(CC(=O)OCC)c4ccc5c(nnn5C/C=C/C)c4C)cc3C2)cc1. The van der Waals surface area contributed by atoms with E-state index in [0.717, 1.165) is 38.9 Å². The maximum Gasteiger partial charge on any atom is 0.306 e. The highest BCUT2D eigenvalue weighted by molar-refractivity contribution is 7.89. The molecule has 2 heterocycles. The summed E-state index contributed by atoms with van der Waals surface area (Å²) in [6, 6.07) is 16.6. The second-order valence-electron chi connectivity index (χ2n) is 10.7. The fourth-order valence-electron chi connectivity index (χ4n) is 5.68. The van der Waals surface area contributed by atoms with Gasteiger partial charge in [0.25, 0.3) is 0 Å². The predicted molar refractivity (Wildman–Crippen MR) is 170 cm³/mol. The standard InChI is InChI=1S/C34H38N4O5S/c1-5-8-18-38-32-16-15-30(24(4)34(32)35-36-38)31(22-33(39)42-7-3)26-10-9-25-17-19-37(23-27(25)21-26)44(40,41)29-13-11-28(12-14-29)43-20-6-2/h5-6,8-16,21,31H,2,7,17-20,22-23H2,1,3-4H3/b8-5+. The number of nitrogens with zero attached hydrogens (tertiary/aromatic N) is 4. The Labute approximate surface area is 258 Å². The summed E-state index contributed by atoms with van der Waals surface area (Å²) in [7, 11) is -3.73. The Kier molecular flexibility index (Phi) is 9.61. The molecular formula is C34H38N4O5S. The van der Waals surface area contributed by atoms with Crippen molar-refractivity contribution in [2.45, 2.75) is 57.5 Å². The highest BCUT2D eigenvalue weighted by atomic mass is 32.2. The molecule has 0 N–H and O–H groups in total. The Bertz CT molecular complexity index is 1790. The van der Waals surface area contributed by atoms with E-state index in [4.69, 9.17) is 9.47 Å². The third-order valence-electron chi connectivity index (χ3n) is 7.99. The Morgan fingerprint density at radius 3 is 2.64 bits per heavy atom. The number of allylic oxidation sites excluding steroid dienone is 2. The van der Waals surface area contributed by atoms with Gasteiger partial charge in [0.15, 0.2) is 0 Å². The summed E-state index contributed by atoms with van der Waals surface area (Å²) in [4.78, 5) is 13.1. The molecule has 230 valence electrons. The van der Waals surface area contributed by atoms with Crippen LogP contribution in [0.15, 0.2) is 84.3 Å². The number of hydrogen-bond acceptors (Lipinski definition) is 7. The molecule has 1 atom stereocenters. The minimum atomic E-state index is -3.73. The highest BCUT2D eigenvalue weighted by Crippen LogP contribution is 2.36.